The van der Waals surface area contributed by atoms with Gasteiger partial charge in [0.1, 0.15) is 0 Å². The van der Waals surface area contributed by atoms with Gasteiger partial charge >= 0.3 is 0 Å². The molecule has 0 heterocycles. The van der Waals surface area contributed by atoms with Crippen LogP contribution in [0.25, 0.3) is 0 Å². The molecule has 0 radical (unpaired) electrons. The SMILES string of the molecule is NC1c2cc(Cl)ccc2CCC1O. The van der Waals surface area contributed by atoms with Crippen LogP contribution < -0.4 is 5.73 Å². The van der Waals surface area contributed by atoms with Crippen LogP contribution in [0, 0.1) is 0 Å². The van der Waals surface area contributed by atoms with Crippen molar-refractivity contribution in [1.82, 2.24) is 0 Å². The van der Waals surface area contributed by atoms with Crippen LogP contribution in [0.2, 0.25) is 5.02 Å². The van der Waals surface area contributed by atoms with Gasteiger partial charge in [-0.05, 0) is 36.1 Å². The highest BCUT2D eigenvalue weighted by molar-refractivity contribution is 6.30. The van der Waals surface area contributed by atoms with Crippen LogP contribution in [0.5, 0.6) is 0 Å². The number of benzene rings is 1. The molecule has 3 heteroatoms. The fraction of sp³-hybridized carbons (Fsp3) is 0.400. The molecule has 2 nitrogen and oxygen atoms in total. The first-order chi connectivity index (χ1) is 6.18. The molecule has 2 atom stereocenters. The van der Waals surface area contributed by atoms with Gasteiger partial charge in [-0.2, -0.15) is 0 Å². The average molecular weight is 198 g/mol. The van der Waals surface area contributed by atoms with Crippen molar-refractivity contribution in [1.29, 1.82) is 0 Å². The number of halogens is 1. The van der Waals surface area contributed by atoms with Crippen molar-refractivity contribution in [3.63, 3.8) is 0 Å². The summed E-state index contributed by atoms with van der Waals surface area (Å²) < 4.78 is 0. The Morgan fingerprint density at radius 2 is 2.23 bits per heavy atom. The third kappa shape index (κ3) is 1.57. The van der Waals surface area contributed by atoms with Gasteiger partial charge in [-0.3, -0.25) is 0 Å². The standard InChI is InChI=1S/C10H12ClNO/c11-7-3-1-6-2-4-9(13)10(12)8(6)5-7/h1,3,5,9-10,13H,2,4,12H2. The Bertz CT molecular complexity index is 327. The second-order valence-corrected chi connectivity index (χ2v) is 3.91. The predicted octanol–water partition coefficient (Wildman–Crippen LogP) is 1.65. The van der Waals surface area contributed by atoms with E-state index in [4.69, 9.17) is 17.3 Å². The summed E-state index contributed by atoms with van der Waals surface area (Å²) in [6.07, 6.45) is 1.21. The lowest BCUT2D eigenvalue weighted by Gasteiger charge is -2.27. The lowest BCUT2D eigenvalue weighted by molar-refractivity contribution is 0.128. The Balaban J connectivity index is 2.45. The molecule has 2 unspecified atom stereocenters. The van der Waals surface area contributed by atoms with E-state index in [1.54, 1.807) is 0 Å². The van der Waals surface area contributed by atoms with Gasteiger partial charge in [0.15, 0.2) is 0 Å². The highest BCUT2D eigenvalue weighted by Gasteiger charge is 2.24. The summed E-state index contributed by atoms with van der Waals surface area (Å²) in [5.74, 6) is 0. The minimum Gasteiger partial charge on any atom is -0.391 e. The largest absolute Gasteiger partial charge is 0.391 e. The molecule has 3 N–H and O–H groups in total. The zero-order chi connectivity index (χ0) is 9.42. The quantitative estimate of drug-likeness (QED) is 0.665. The summed E-state index contributed by atoms with van der Waals surface area (Å²) >= 11 is 5.85. The Labute approximate surface area is 82.3 Å². The van der Waals surface area contributed by atoms with Gasteiger partial charge in [-0.25, -0.2) is 0 Å². The van der Waals surface area contributed by atoms with Crippen molar-refractivity contribution in [3.05, 3.63) is 34.3 Å². The van der Waals surface area contributed by atoms with E-state index in [0.717, 1.165) is 18.4 Å². The van der Waals surface area contributed by atoms with Crippen LogP contribution in [0.1, 0.15) is 23.6 Å². The van der Waals surface area contributed by atoms with Gasteiger partial charge in [-0.15, -0.1) is 0 Å². The molecule has 0 fully saturated rings. The van der Waals surface area contributed by atoms with Crippen molar-refractivity contribution >= 4 is 11.6 Å². The molecular weight excluding hydrogens is 186 g/mol. The minimum atomic E-state index is -0.425. The maximum Gasteiger partial charge on any atom is 0.0736 e. The fourth-order valence-electron chi connectivity index (χ4n) is 1.79. The topological polar surface area (TPSA) is 46.2 Å². The third-order valence-electron chi connectivity index (χ3n) is 2.59. The molecular formula is C10H12ClNO. The molecule has 0 bridgehead atoms. The summed E-state index contributed by atoms with van der Waals surface area (Å²) in [6.45, 7) is 0. The predicted molar refractivity (Wildman–Crippen MR) is 52.7 cm³/mol. The Kier molecular flexibility index (Phi) is 2.28. The van der Waals surface area contributed by atoms with Crippen molar-refractivity contribution in [2.24, 2.45) is 5.73 Å². The van der Waals surface area contributed by atoms with Crippen molar-refractivity contribution < 1.29 is 5.11 Å². The summed E-state index contributed by atoms with van der Waals surface area (Å²) in [7, 11) is 0. The van der Waals surface area contributed by atoms with Gasteiger partial charge in [-0.1, -0.05) is 17.7 Å². The van der Waals surface area contributed by atoms with Crippen LogP contribution >= 0.6 is 11.6 Å². The first-order valence-corrected chi connectivity index (χ1v) is 4.78. The molecule has 0 aliphatic heterocycles. The van der Waals surface area contributed by atoms with E-state index in [-0.39, 0.29) is 6.04 Å². The molecule has 0 aromatic heterocycles. The summed E-state index contributed by atoms with van der Waals surface area (Å²) in [5.41, 5.74) is 8.05. The summed E-state index contributed by atoms with van der Waals surface area (Å²) in [4.78, 5) is 0. The Morgan fingerprint density at radius 1 is 1.46 bits per heavy atom. The first-order valence-electron chi connectivity index (χ1n) is 4.40. The molecule has 1 aromatic rings. The smallest absolute Gasteiger partial charge is 0.0736 e. The molecule has 1 aromatic carbocycles. The third-order valence-corrected chi connectivity index (χ3v) is 2.83. The lowest BCUT2D eigenvalue weighted by Crippen LogP contribution is -2.31. The zero-order valence-corrected chi connectivity index (χ0v) is 7.96. The monoisotopic (exact) mass is 197 g/mol. The average Bonchev–Trinajstić information content (AvgIpc) is 2.12. The second kappa shape index (κ2) is 3.29. The zero-order valence-electron chi connectivity index (χ0n) is 7.20. The van der Waals surface area contributed by atoms with Crippen molar-refractivity contribution in [2.75, 3.05) is 0 Å². The van der Waals surface area contributed by atoms with Crippen LogP contribution in [-0.4, -0.2) is 11.2 Å². The molecule has 1 aliphatic rings. The molecule has 2 rings (SSSR count). The first kappa shape index (κ1) is 9.00. The van der Waals surface area contributed by atoms with Gasteiger partial charge in [0.05, 0.1) is 12.1 Å². The number of aliphatic hydroxyl groups is 1. The molecule has 0 amide bonds. The van der Waals surface area contributed by atoms with Gasteiger partial charge in [0, 0.05) is 5.02 Å². The highest BCUT2D eigenvalue weighted by atomic mass is 35.5. The number of aliphatic hydroxyl groups excluding tert-OH is 1. The lowest BCUT2D eigenvalue weighted by atomic mass is 9.86. The molecule has 1 aliphatic carbocycles. The van der Waals surface area contributed by atoms with Crippen LogP contribution in [0.4, 0.5) is 0 Å². The van der Waals surface area contributed by atoms with Gasteiger partial charge in [0.2, 0.25) is 0 Å². The van der Waals surface area contributed by atoms with E-state index >= 15 is 0 Å². The number of hydrogen-bond acceptors (Lipinski definition) is 2. The minimum absolute atomic E-state index is 0.276. The maximum absolute atomic E-state index is 9.55. The number of fused-ring (bicyclic) bond motifs is 1. The molecule has 0 saturated heterocycles. The van der Waals surface area contributed by atoms with Crippen LogP contribution in [-0.2, 0) is 6.42 Å². The normalized spacial score (nSPS) is 27.0. The molecule has 0 saturated carbocycles. The number of hydrogen-bond donors (Lipinski definition) is 2. The van der Waals surface area contributed by atoms with E-state index in [2.05, 4.69) is 0 Å². The number of aryl methyl sites for hydroxylation is 1. The van der Waals surface area contributed by atoms with Crippen LogP contribution in [0.15, 0.2) is 18.2 Å². The van der Waals surface area contributed by atoms with E-state index in [0.29, 0.717) is 5.02 Å². The van der Waals surface area contributed by atoms with Crippen molar-refractivity contribution in [3.8, 4) is 0 Å². The van der Waals surface area contributed by atoms with E-state index < -0.39 is 6.10 Å². The molecule has 0 spiro atoms. The van der Waals surface area contributed by atoms with Gasteiger partial charge < -0.3 is 10.8 Å². The molecule has 70 valence electrons. The second-order valence-electron chi connectivity index (χ2n) is 3.47. The van der Waals surface area contributed by atoms with E-state index in [9.17, 15) is 5.11 Å². The Hall–Kier alpha value is -0.570. The highest BCUT2D eigenvalue weighted by Crippen LogP contribution is 2.30. The van der Waals surface area contributed by atoms with E-state index in [1.807, 2.05) is 18.2 Å². The van der Waals surface area contributed by atoms with Gasteiger partial charge in [0.25, 0.3) is 0 Å². The Morgan fingerprint density at radius 3 is 3.00 bits per heavy atom. The number of rotatable bonds is 0. The number of nitrogens with two attached hydrogens (primary N) is 1. The van der Waals surface area contributed by atoms with Crippen LogP contribution in [0.3, 0.4) is 0 Å². The fourth-order valence-corrected chi connectivity index (χ4v) is 1.97. The van der Waals surface area contributed by atoms with Crippen molar-refractivity contribution in [2.45, 2.75) is 25.0 Å². The maximum atomic E-state index is 9.55. The van der Waals surface area contributed by atoms with E-state index in [1.165, 1.54) is 5.56 Å². The summed E-state index contributed by atoms with van der Waals surface area (Å²) in [6, 6.07) is 5.43. The molecule has 13 heavy (non-hydrogen) atoms. The summed E-state index contributed by atoms with van der Waals surface area (Å²) in [5, 5.41) is 10.2.